The van der Waals surface area contributed by atoms with Gasteiger partial charge in [-0.15, -0.1) is 0 Å². The minimum absolute atomic E-state index is 0.00905. The van der Waals surface area contributed by atoms with Crippen LogP contribution >= 0.6 is 0 Å². The number of carbonyl (C=O) groups is 2. The fraction of sp³-hybridized carbons (Fsp3) is 0.429. The third-order valence-electron chi connectivity index (χ3n) is 3.53. The lowest BCUT2D eigenvalue weighted by atomic mass is 10.0. The largest absolute Gasteiger partial charge is 0.399 e. The number of piperidine rings is 1. The zero-order chi connectivity index (χ0) is 14.7. The first-order valence-corrected chi connectivity index (χ1v) is 6.68. The van der Waals surface area contributed by atoms with Crippen molar-refractivity contribution in [2.24, 2.45) is 5.73 Å². The molecule has 0 aromatic heterocycles. The number of nitrogens with two attached hydrogens (primary N) is 2. The van der Waals surface area contributed by atoms with Crippen molar-refractivity contribution in [3.05, 3.63) is 23.8 Å². The number of primary amides is 1. The molecule has 1 saturated heterocycles. The highest BCUT2D eigenvalue weighted by atomic mass is 16.1. The SMILES string of the molecule is CC(=O)NC1CCN(c2cc(N)ccc2C(N)=O)CC1. The van der Waals surface area contributed by atoms with Gasteiger partial charge < -0.3 is 21.7 Å². The van der Waals surface area contributed by atoms with Crippen LogP contribution in [0.3, 0.4) is 0 Å². The van der Waals surface area contributed by atoms with Crippen LogP contribution in [0, 0.1) is 0 Å². The summed E-state index contributed by atoms with van der Waals surface area (Å²) < 4.78 is 0. The summed E-state index contributed by atoms with van der Waals surface area (Å²) in [6.07, 6.45) is 1.68. The second-order valence-electron chi connectivity index (χ2n) is 5.10. The second-order valence-corrected chi connectivity index (χ2v) is 5.10. The van der Waals surface area contributed by atoms with Gasteiger partial charge in [0.25, 0.3) is 5.91 Å². The highest BCUT2D eigenvalue weighted by Crippen LogP contribution is 2.26. The Morgan fingerprint density at radius 3 is 2.50 bits per heavy atom. The third-order valence-corrected chi connectivity index (χ3v) is 3.53. The van der Waals surface area contributed by atoms with Crippen LogP contribution in [-0.2, 0) is 4.79 Å². The number of benzene rings is 1. The second kappa shape index (κ2) is 5.81. The number of hydrogen-bond donors (Lipinski definition) is 3. The first-order chi connectivity index (χ1) is 9.47. The Balaban J connectivity index is 2.12. The molecule has 0 unspecified atom stereocenters. The van der Waals surface area contributed by atoms with E-state index in [1.807, 2.05) is 0 Å². The minimum atomic E-state index is -0.455. The first-order valence-electron chi connectivity index (χ1n) is 6.68. The van der Waals surface area contributed by atoms with Gasteiger partial charge in [0.2, 0.25) is 5.91 Å². The standard InChI is InChI=1S/C14H20N4O2/c1-9(19)17-11-4-6-18(7-5-11)13-8-10(15)2-3-12(13)14(16)20/h2-3,8,11H,4-7,15H2,1H3,(H2,16,20)(H,17,19). The maximum absolute atomic E-state index is 11.5. The fourth-order valence-electron chi connectivity index (χ4n) is 2.57. The van der Waals surface area contributed by atoms with E-state index in [0.717, 1.165) is 31.6 Å². The summed E-state index contributed by atoms with van der Waals surface area (Å²) in [6, 6.07) is 5.31. The summed E-state index contributed by atoms with van der Waals surface area (Å²) in [4.78, 5) is 24.6. The van der Waals surface area contributed by atoms with Crippen LogP contribution in [0.5, 0.6) is 0 Å². The van der Waals surface area contributed by atoms with Crippen molar-refractivity contribution >= 4 is 23.2 Å². The molecule has 2 rings (SSSR count). The van der Waals surface area contributed by atoms with Crippen molar-refractivity contribution < 1.29 is 9.59 Å². The van der Waals surface area contributed by atoms with Gasteiger partial charge in [-0.3, -0.25) is 9.59 Å². The fourth-order valence-corrected chi connectivity index (χ4v) is 2.57. The maximum atomic E-state index is 11.5. The Bertz CT molecular complexity index is 522. The summed E-state index contributed by atoms with van der Waals surface area (Å²) in [6.45, 7) is 3.04. The van der Waals surface area contributed by atoms with Crippen molar-refractivity contribution in [3.8, 4) is 0 Å². The summed E-state index contributed by atoms with van der Waals surface area (Å²) in [5.74, 6) is -0.464. The van der Waals surface area contributed by atoms with Gasteiger partial charge in [0.1, 0.15) is 0 Å². The summed E-state index contributed by atoms with van der Waals surface area (Å²) in [5.41, 5.74) is 13.1. The number of nitrogen functional groups attached to an aromatic ring is 1. The van der Waals surface area contributed by atoms with E-state index in [9.17, 15) is 9.59 Å². The molecule has 1 heterocycles. The Hall–Kier alpha value is -2.24. The summed E-state index contributed by atoms with van der Waals surface area (Å²) in [7, 11) is 0. The topological polar surface area (TPSA) is 101 Å². The number of rotatable bonds is 3. The lowest BCUT2D eigenvalue weighted by molar-refractivity contribution is -0.119. The molecule has 0 aliphatic carbocycles. The van der Waals surface area contributed by atoms with Crippen LogP contribution in [0.4, 0.5) is 11.4 Å². The smallest absolute Gasteiger partial charge is 0.250 e. The molecular formula is C14H20N4O2. The minimum Gasteiger partial charge on any atom is -0.399 e. The molecule has 0 spiro atoms. The predicted octanol–water partition coefficient (Wildman–Crippen LogP) is 0.473. The molecule has 0 bridgehead atoms. The zero-order valence-electron chi connectivity index (χ0n) is 11.6. The molecular weight excluding hydrogens is 256 g/mol. The van der Waals surface area contributed by atoms with Crippen molar-refractivity contribution in [2.45, 2.75) is 25.8 Å². The van der Waals surface area contributed by atoms with E-state index in [0.29, 0.717) is 11.3 Å². The van der Waals surface area contributed by atoms with Crippen LogP contribution in [0.2, 0.25) is 0 Å². The van der Waals surface area contributed by atoms with Crippen LogP contribution in [0.1, 0.15) is 30.1 Å². The number of anilines is 2. The molecule has 1 fully saturated rings. The van der Waals surface area contributed by atoms with E-state index in [-0.39, 0.29) is 11.9 Å². The van der Waals surface area contributed by atoms with E-state index in [4.69, 9.17) is 11.5 Å². The lowest BCUT2D eigenvalue weighted by Crippen LogP contribution is -2.44. The number of nitrogens with one attached hydrogen (secondary N) is 1. The molecule has 5 N–H and O–H groups in total. The molecule has 1 aromatic rings. The van der Waals surface area contributed by atoms with Crippen LogP contribution in [0.15, 0.2) is 18.2 Å². The van der Waals surface area contributed by atoms with E-state index in [2.05, 4.69) is 10.2 Å². The Kier molecular flexibility index (Phi) is 4.12. The Labute approximate surface area is 118 Å². The Morgan fingerprint density at radius 2 is 1.95 bits per heavy atom. The van der Waals surface area contributed by atoms with Gasteiger partial charge in [0.05, 0.1) is 11.3 Å². The monoisotopic (exact) mass is 276 g/mol. The molecule has 1 aromatic carbocycles. The quantitative estimate of drug-likeness (QED) is 0.698. The summed E-state index contributed by atoms with van der Waals surface area (Å²) in [5, 5.41) is 2.92. The average molecular weight is 276 g/mol. The van der Waals surface area contributed by atoms with E-state index >= 15 is 0 Å². The average Bonchev–Trinajstić information content (AvgIpc) is 2.38. The third kappa shape index (κ3) is 3.20. The predicted molar refractivity (Wildman–Crippen MR) is 78.4 cm³/mol. The molecule has 2 amide bonds. The van der Waals surface area contributed by atoms with Gasteiger partial charge in [0.15, 0.2) is 0 Å². The van der Waals surface area contributed by atoms with Gasteiger partial charge in [-0.1, -0.05) is 0 Å². The van der Waals surface area contributed by atoms with Gasteiger partial charge in [0, 0.05) is 31.7 Å². The van der Waals surface area contributed by atoms with Gasteiger partial charge in [-0.2, -0.15) is 0 Å². The summed E-state index contributed by atoms with van der Waals surface area (Å²) >= 11 is 0. The van der Waals surface area contributed by atoms with Gasteiger partial charge in [-0.05, 0) is 31.0 Å². The zero-order valence-corrected chi connectivity index (χ0v) is 11.6. The lowest BCUT2D eigenvalue weighted by Gasteiger charge is -2.34. The molecule has 6 heteroatoms. The number of amides is 2. The number of hydrogen-bond acceptors (Lipinski definition) is 4. The van der Waals surface area contributed by atoms with Crippen molar-refractivity contribution in [1.82, 2.24) is 5.32 Å². The molecule has 0 radical (unpaired) electrons. The van der Waals surface area contributed by atoms with Crippen molar-refractivity contribution in [2.75, 3.05) is 23.7 Å². The van der Waals surface area contributed by atoms with Crippen LogP contribution in [-0.4, -0.2) is 30.9 Å². The molecule has 1 aliphatic rings. The molecule has 0 saturated carbocycles. The van der Waals surface area contributed by atoms with Crippen molar-refractivity contribution in [3.63, 3.8) is 0 Å². The first kappa shape index (κ1) is 14.2. The van der Waals surface area contributed by atoms with Gasteiger partial charge in [-0.25, -0.2) is 0 Å². The molecule has 0 atom stereocenters. The highest BCUT2D eigenvalue weighted by molar-refractivity contribution is 5.99. The molecule has 108 valence electrons. The van der Waals surface area contributed by atoms with Gasteiger partial charge >= 0.3 is 0 Å². The molecule has 6 nitrogen and oxygen atoms in total. The maximum Gasteiger partial charge on any atom is 0.250 e. The van der Waals surface area contributed by atoms with E-state index in [1.165, 1.54) is 6.92 Å². The van der Waals surface area contributed by atoms with E-state index in [1.54, 1.807) is 18.2 Å². The van der Waals surface area contributed by atoms with Crippen molar-refractivity contribution in [1.29, 1.82) is 0 Å². The Morgan fingerprint density at radius 1 is 1.30 bits per heavy atom. The van der Waals surface area contributed by atoms with Crippen LogP contribution in [0.25, 0.3) is 0 Å². The number of nitrogens with zero attached hydrogens (tertiary/aromatic N) is 1. The van der Waals surface area contributed by atoms with Crippen LogP contribution < -0.4 is 21.7 Å². The number of carbonyl (C=O) groups excluding carboxylic acids is 2. The highest BCUT2D eigenvalue weighted by Gasteiger charge is 2.22. The normalized spacial score (nSPS) is 15.9. The van der Waals surface area contributed by atoms with E-state index < -0.39 is 5.91 Å². The molecule has 1 aliphatic heterocycles. The molecule has 20 heavy (non-hydrogen) atoms.